The molecule has 1 aromatic heterocycles. The lowest BCUT2D eigenvalue weighted by Gasteiger charge is -2.13. The molecule has 0 aliphatic carbocycles. The molecule has 0 bridgehead atoms. The van der Waals surface area contributed by atoms with E-state index in [0.717, 1.165) is 42.2 Å². The van der Waals surface area contributed by atoms with E-state index in [0.29, 0.717) is 23.3 Å². The van der Waals surface area contributed by atoms with Crippen molar-refractivity contribution in [2.24, 2.45) is 0 Å². The van der Waals surface area contributed by atoms with Crippen LogP contribution >= 0.6 is 0 Å². The Morgan fingerprint density at radius 2 is 1.90 bits per heavy atom. The first-order valence-electron chi connectivity index (χ1n) is 10.0. The summed E-state index contributed by atoms with van der Waals surface area (Å²) >= 11 is 0. The Morgan fingerprint density at radius 1 is 1.14 bits per heavy atom. The van der Waals surface area contributed by atoms with Gasteiger partial charge in [-0.15, -0.1) is 0 Å². The summed E-state index contributed by atoms with van der Waals surface area (Å²) in [5, 5.41) is 11.9. The third kappa shape index (κ3) is 6.07. The molecular formula is C22H29NO6. The summed E-state index contributed by atoms with van der Waals surface area (Å²) in [5.41, 5.74) is 2.44. The molecule has 1 heterocycles. The highest BCUT2D eigenvalue weighted by atomic mass is 16.5. The van der Waals surface area contributed by atoms with Crippen molar-refractivity contribution in [2.75, 3.05) is 13.2 Å². The van der Waals surface area contributed by atoms with Gasteiger partial charge in [-0.3, -0.25) is 9.59 Å². The lowest BCUT2D eigenvalue weighted by molar-refractivity contribution is -0.137. The second-order valence-corrected chi connectivity index (χ2v) is 7.15. The minimum atomic E-state index is -0.980. The Kier molecular flexibility index (Phi) is 8.24. The molecule has 0 atom stereocenters. The van der Waals surface area contributed by atoms with Gasteiger partial charge in [-0.05, 0) is 44.4 Å². The zero-order valence-corrected chi connectivity index (χ0v) is 17.3. The topological polar surface area (TPSA) is 106 Å². The van der Waals surface area contributed by atoms with Crippen molar-refractivity contribution in [1.29, 1.82) is 0 Å². The first kappa shape index (κ1) is 22.5. The fraction of sp³-hybridized carbons (Fsp3) is 0.500. The lowest BCUT2D eigenvalue weighted by atomic mass is 9.99. The highest BCUT2D eigenvalue weighted by molar-refractivity contribution is 5.86. The maximum absolute atomic E-state index is 12.5. The van der Waals surface area contributed by atoms with Gasteiger partial charge in [-0.25, -0.2) is 4.79 Å². The Bertz CT molecular complexity index is 931. The molecule has 1 aromatic carbocycles. The van der Waals surface area contributed by atoms with Crippen LogP contribution < -0.4 is 15.7 Å². The average Bonchev–Trinajstić information content (AvgIpc) is 2.67. The molecule has 7 nitrogen and oxygen atoms in total. The van der Waals surface area contributed by atoms with Gasteiger partial charge in [0, 0.05) is 23.1 Å². The predicted octanol–water partition coefficient (Wildman–Crippen LogP) is 3.50. The van der Waals surface area contributed by atoms with Gasteiger partial charge in [0.05, 0.1) is 6.42 Å². The molecule has 0 radical (unpaired) electrons. The van der Waals surface area contributed by atoms with Gasteiger partial charge in [0.2, 0.25) is 0 Å². The summed E-state index contributed by atoms with van der Waals surface area (Å²) in [6.45, 7) is 5.67. The molecule has 0 saturated carbocycles. The Balaban J connectivity index is 2.13. The fourth-order valence-corrected chi connectivity index (χ4v) is 3.25. The molecule has 0 unspecified atom stereocenters. The Labute approximate surface area is 170 Å². The van der Waals surface area contributed by atoms with Crippen molar-refractivity contribution >= 4 is 22.8 Å². The summed E-state index contributed by atoms with van der Waals surface area (Å²) < 4.78 is 11.1. The van der Waals surface area contributed by atoms with E-state index in [9.17, 15) is 14.4 Å². The molecule has 2 aromatic rings. The predicted molar refractivity (Wildman–Crippen MR) is 111 cm³/mol. The molecule has 0 aliphatic heterocycles. The number of amides is 1. The van der Waals surface area contributed by atoms with Gasteiger partial charge >= 0.3 is 11.6 Å². The quantitative estimate of drug-likeness (QED) is 0.439. The van der Waals surface area contributed by atoms with E-state index in [1.807, 2.05) is 13.0 Å². The van der Waals surface area contributed by atoms with E-state index >= 15 is 0 Å². The summed E-state index contributed by atoms with van der Waals surface area (Å²) in [6.07, 6.45) is 4.91. The molecule has 29 heavy (non-hydrogen) atoms. The molecule has 7 heteroatoms. The Hall–Kier alpha value is -2.83. The van der Waals surface area contributed by atoms with E-state index in [2.05, 4.69) is 12.2 Å². The van der Waals surface area contributed by atoms with Crippen molar-refractivity contribution < 1.29 is 23.8 Å². The first-order valence-corrected chi connectivity index (χ1v) is 10.0. The smallest absolute Gasteiger partial charge is 0.339 e. The van der Waals surface area contributed by atoms with Crippen LogP contribution in [0, 0.1) is 13.8 Å². The summed E-state index contributed by atoms with van der Waals surface area (Å²) in [7, 11) is 0. The second-order valence-electron chi connectivity index (χ2n) is 7.15. The first-order chi connectivity index (χ1) is 13.8. The molecule has 158 valence electrons. The third-order valence-electron chi connectivity index (χ3n) is 4.95. The van der Waals surface area contributed by atoms with Crippen molar-refractivity contribution in [3.63, 3.8) is 0 Å². The molecule has 0 spiro atoms. The number of aryl methyl sites for hydroxylation is 2. The van der Waals surface area contributed by atoms with Gasteiger partial charge in [-0.1, -0.05) is 26.2 Å². The normalized spacial score (nSPS) is 10.9. The van der Waals surface area contributed by atoms with Crippen LogP contribution in [0.4, 0.5) is 0 Å². The monoisotopic (exact) mass is 403 g/mol. The zero-order valence-electron chi connectivity index (χ0n) is 17.3. The van der Waals surface area contributed by atoms with Crippen LogP contribution in [0.3, 0.4) is 0 Å². The van der Waals surface area contributed by atoms with Crippen molar-refractivity contribution in [3.8, 4) is 5.75 Å². The second kappa shape index (κ2) is 10.6. The number of hydrogen-bond acceptors (Lipinski definition) is 5. The van der Waals surface area contributed by atoms with Crippen molar-refractivity contribution in [3.05, 3.63) is 39.2 Å². The number of carboxylic acid groups (broad SMARTS) is 1. The molecule has 2 rings (SSSR count). The van der Waals surface area contributed by atoms with Crippen LogP contribution in [0.2, 0.25) is 0 Å². The summed E-state index contributed by atoms with van der Waals surface area (Å²) in [4.78, 5) is 34.7. The van der Waals surface area contributed by atoms with E-state index < -0.39 is 11.9 Å². The minimum absolute atomic E-state index is 0.0450. The van der Waals surface area contributed by atoms with E-state index in [4.69, 9.17) is 14.3 Å². The molecule has 2 N–H and O–H groups in total. The number of rotatable bonds is 11. The number of unbranched alkanes of at least 4 members (excludes halogenated alkanes) is 3. The molecule has 0 aliphatic rings. The van der Waals surface area contributed by atoms with Crippen LogP contribution in [0.25, 0.3) is 11.0 Å². The number of hydrogen-bond donors (Lipinski definition) is 2. The van der Waals surface area contributed by atoms with Gasteiger partial charge in [0.15, 0.2) is 6.61 Å². The number of aliphatic carboxylic acids is 1. The van der Waals surface area contributed by atoms with Gasteiger partial charge in [0.25, 0.3) is 5.91 Å². The summed E-state index contributed by atoms with van der Waals surface area (Å²) in [6, 6.07) is 3.60. The number of carbonyl (C=O) groups is 2. The largest absolute Gasteiger partial charge is 0.483 e. The fourth-order valence-electron chi connectivity index (χ4n) is 3.25. The number of ether oxygens (including phenoxy) is 1. The number of carbonyl (C=O) groups excluding carboxylic acids is 1. The summed E-state index contributed by atoms with van der Waals surface area (Å²) in [5.74, 6) is -0.943. The van der Waals surface area contributed by atoms with E-state index in [1.54, 1.807) is 13.0 Å². The number of nitrogens with one attached hydrogen (secondary N) is 1. The standard InChI is InChI=1S/C22H29NO6/c1-4-5-6-7-8-17-14(2)16-9-10-18(15(3)21(16)29-22(17)27)28-13-19(24)23-12-11-20(25)26/h9-10H,4-8,11-13H2,1-3H3,(H,23,24)(H,25,26). The lowest BCUT2D eigenvalue weighted by Crippen LogP contribution is -2.30. The Morgan fingerprint density at radius 3 is 2.59 bits per heavy atom. The SMILES string of the molecule is CCCCCCc1c(C)c2ccc(OCC(=O)NCCC(=O)O)c(C)c2oc1=O. The number of benzene rings is 1. The van der Waals surface area contributed by atoms with Crippen molar-refractivity contribution in [1.82, 2.24) is 5.32 Å². The van der Waals surface area contributed by atoms with E-state index in [1.165, 1.54) is 0 Å². The van der Waals surface area contributed by atoms with Crippen LogP contribution in [0.1, 0.15) is 55.7 Å². The minimum Gasteiger partial charge on any atom is -0.483 e. The van der Waals surface area contributed by atoms with Gasteiger partial charge < -0.3 is 19.6 Å². The highest BCUT2D eigenvalue weighted by Crippen LogP contribution is 2.29. The van der Waals surface area contributed by atoms with Gasteiger partial charge in [-0.2, -0.15) is 0 Å². The maximum atomic E-state index is 12.5. The zero-order chi connectivity index (χ0) is 21.4. The van der Waals surface area contributed by atoms with Crippen LogP contribution in [-0.4, -0.2) is 30.1 Å². The molecule has 1 amide bonds. The maximum Gasteiger partial charge on any atom is 0.339 e. The van der Waals surface area contributed by atoms with Gasteiger partial charge in [0.1, 0.15) is 11.3 Å². The highest BCUT2D eigenvalue weighted by Gasteiger charge is 2.15. The van der Waals surface area contributed by atoms with E-state index in [-0.39, 0.29) is 25.2 Å². The van der Waals surface area contributed by atoms with Crippen LogP contribution in [0.15, 0.2) is 21.3 Å². The van der Waals surface area contributed by atoms with Crippen LogP contribution in [0.5, 0.6) is 5.75 Å². The average molecular weight is 403 g/mol. The molecular weight excluding hydrogens is 374 g/mol. The van der Waals surface area contributed by atoms with Crippen LogP contribution in [-0.2, 0) is 16.0 Å². The molecule has 0 fully saturated rings. The third-order valence-corrected chi connectivity index (χ3v) is 4.95. The van der Waals surface area contributed by atoms with Crippen molar-refractivity contribution in [2.45, 2.75) is 59.3 Å². The molecule has 0 saturated heterocycles. The number of fused-ring (bicyclic) bond motifs is 1. The number of carboxylic acids is 1.